The highest BCUT2D eigenvalue weighted by Gasteiger charge is 2.20. The van der Waals surface area contributed by atoms with Crippen LogP contribution < -0.4 is 5.32 Å². The molecule has 0 aromatic heterocycles. The van der Waals surface area contributed by atoms with Gasteiger partial charge in [-0.3, -0.25) is 0 Å². The van der Waals surface area contributed by atoms with Crippen molar-refractivity contribution in [3.8, 4) is 0 Å². The van der Waals surface area contributed by atoms with E-state index in [9.17, 15) is 8.78 Å². The van der Waals surface area contributed by atoms with Crippen molar-refractivity contribution in [2.75, 3.05) is 20.3 Å². The molecule has 0 bridgehead atoms. The van der Waals surface area contributed by atoms with Crippen LogP contribution in [0.15, 0.2) is 24.3 Å². The SMILES string of the molecule is CNC(CCOCC(F)F)c1cccc(C2CCC2)c1. The van der Waals surface area contributed by atoms with Crippen LogP contribution in [0.4, 0.5) is 8.78 Å². The van der Waals surface area contributed by atoms with Crippen molar-refractivity contribution in [1.29, 1.82) is 0 Å². The molecule has 112 valence electrons. The summed E-state index contributed by atoms with van der Waals surface area (Å²) in [4.78, 5) is 0. The zero-order valence-electron chi connectivity index (χ0n) is 11.9. The first-order valence-electron chi connectivity index (χ1n) is 7.33. The average Bonchev–Trinajstić information content (AvgIpc) is 2.37. The highest BCUT2D eigenvalue weighted by Crippen LogP contribution is 2.37. The minimum Gasteiger partial charge on any atom is -0.375 e. The third-order valence-corrected chi connectivity index (χ3v) is 4.03. The molecule has 1 aliphatic carbocycles. The van der Waals surface area contributed by atoms with Gasteiger partial charge in [0.15, 0.2) is 0 Å². The minimum absolute atomic E-state index is 0.160. The van der Waals surface area contributed by atoms with Crippen LogP contribution in [0, 0.1) is 0 Å². The molecular formula is C16H23F2NO. The van der Waals surface area contributed by atoms with Gasteiger partial charge in [0.05, 0.1) is 0 Å². The number of benzene rings is 1. The van der Waals surface area contributed by atoms with Gasteiger partial charge in [-0.2, -0.15) is 0 Å². The van der Waals surface area contributed by atoms with Crippen LogP contribution >= 0.6 is 0 Å². The molecule has 1 aromatic carbocycles. The van der Waals surface area contributed by atoms with E-state index < -0.39 is 13.0 Å². The van der Waals surface area contributed by atoms with Crippen LogP contribution in [0.3, 0.4) is 0 Å². The first-order valence-corrected chi connectivity index (χ1v) is 7.33. The van der Waals surface area contributed by atoms with E-state index in [1.165, 1.54) is 30.4 Å². The summed E-state index contributed by atoms with van der Waals surface area (Å²) >= 11 is 0. The fourth-order valence-corrected chi connectivity index (χ4v) is 2.62. The van der Waals surface area contributed by atoms with E-state index in [0.717, 1.165) is 0 Å². The number of hydrogen-bond donors (Lipinski definition) is 1. The van der Waals surface area contributed by atoms with Crippen LogP contribution in [0.25, 0.3) is 0 Å². The third-order valence-electron chi connectivity index (χ3n) is 4.03. The van der Waals surface area contributed by atoms with Crippen molar-refractivity contribution in [3.63, 3.8) is 0 Å². The van der Waals surface area contributed by atoms with Crippen molar-refractivity contribution in [3.05, 3.63) is 35.4 Å². The maximum Gasteiger partial charge on any atom is 0.261 e. The molecule has 2 rings (SSSR count). The quantitative estimate of drug-likeness (QED) is 0.731. The summed E-state index contributed by atoms with van der Waals surface area (Å²) in [6, 6.07) is 8.78. The van der Waals surface area contributed by atoms with Gasteiger partial charge in [0, 0.05) is 12.6 Å². The Balaban J connectivity index is 1.89. The second-order valence-corrected chi connectivity index (χ2v) is 5.39. The summed E-state index contributed by atoms with van der Waals surface area (Å²) in [5, 5.41) is 3.24. The summed E-state index contributed by atoms with van der Waals surface area (Å²) in [6.45, 7) is -0.123. The summed E-state index contributed by atoms with van der Waals surface area (Å²) in [5.74, 6) is 0.711. The van der Waals surface area contributed by atoms with Crippen LogP contribution in [-0.4, -0.2) is 26.7 Å². The van der Waals surface area contributed by atoms with E-state index in [2.05, 4.69) is 29.6 Å². The fraction of sp³-hybridized carbons (Fsp3) is 0.625. The molecule has 1 atom stereocenters. The summed E-state index contributed by atoms with van der Waals surface area (Å²) in [6.07, 6.45) is 2.21. The Labute approximate surface area is 119 Å². The molecule has 0 spiro atoms. The van der Waals surface area contributed by atoms with Gasteiger partial charge in [-0.25, -0.2) is 8.78 Å². The van der Waals surface area contributed by atoms with Gasteiger partial charge < -0.3 is 10.1 Å². The molecule has 1 aromatic rings. The molecule has 1 N–H and O–H groups in total. The van der Waals surface area contributed by atoms with Crippen molar-refractivity contribution in [2.45, 2.75) is 44.1 Å². The average molecular weight is 283 g/mol. The molecule has 0 radical (unpaired) electrons. The Morgan fingerprint density at radius 3 is 2.75 bits per heavy atom. The van der Waals surface area contributed by atoms with Crippen molar-refractivity contribution in [1.82, 2.24) is 5.32 Å². The molecular weight excluding hydrogens is 260 g/mol. The predicted molar refractivity (Wildman–Crippen MR) is 76.3 cm³/mol. The van der Waals surface area contributed by atoms with Gasteiger partial charge in [0.2, 0.25) is 0 Å². The zero-order valence-corrected chi connectivity index (χ0v) is 11.9. The van der Waals surface area contributed by atoms with E-state index in [1.54, 1.807) is 0 Å². The summed E-state index contributed by atoms with van der Waals surface area (Å²) in [7, 11) is 1.90. The fourth-order valence-electron chi connectivity index (χ4n) is 2.62. The maximum atomic E-state index is 12.0. The summed E-state index contributed by atoms with van der Waals surface area (Å²) < 4.78 is 29.0. The predicted octanol–water partition coefficient (Wildman–Crippen LogP) is 3.89. The van der Waals surface area contributed by atoms with Gasteiger partial charge in [0.1, 0.15) is 6.61 Å². The van der Waals surface area contributed by atoms with E-state index in [4.69, 9.17) is 4.74 Å². The van der Waals surface area contributed by atoms with Crippen LogP contribution in [0.5, 0.6) is 0 Å². The van der Waals surface area contributed by atoms with Crippen molar-refractivity contribution >= 4 is 0 Å². The van der Waals surface area contributed by atoms with E-state index >= 15 is 0 Å². The lowest BCUT2D eigenvalue weighted by molar-refractivity contribution is 0.0145. The number of halogens is 2. The van der Waals surface area contributed by atoms with Gasteiger partial charge in [-0.15, -0.1) is 0 Å². The largest absolute Gasteiger partial charge is 0.375 e. The van der Waals surface area contributed by atoms with Gasteiger partial charge in [0.25, 0.3) is 6.43 Å². The molecule has 0 amide bonds. The molecule has 4 heteroatoms. The Hall–Kier alpha value is -1.00. The Bertz CT molecular complexity index is 407. The molecule has 1 aliphatic rings. The van der Waals surface area contributed by atoms with Gasteiger partial charge in [-0.05, 0) is 43.4 Å². The molecule has 0 aliphatic heterocycles. The lowest BCUT2D eigenvalue weighted by Crippen LogP contribution is -2.19. The Kier molecular flexibility index (Phi) is 5.92. The first-order chi connectivity index (χ1) is 9.70. The van der Waals surface area contributed by atoms with Gasteiger partial charge >= 0.3 is 0 Å². The lowest BCUT2D eigenvalue weighted by Gasteiger charge is -2.27. The van der Waals surface area contributed by atoms with Crippen LogP contribution in [0.2, 0.25) is 0 Å². The molecule has 20 heavy (non-hydrogen) atoms. The van der Waals surface area contributed by atoms with E-state index in [0.29, 0.717) is 18.9 Å². The number of nitrogens with one attached hydrogen (secondary N) is 1. The molecule has 2 nitrogen and oxygen atoms in total. The third kappa shape index (κ3) is 4.25. The minimum atomic E-state index is -2.38. The molecule has 1 fully saturated rings. The van der Waals surface area contributed by atoms with Crippen LogP contribution in [-0.2, 0) is 4.74 Å². The van der Waals surface area contributed by atoms with Gasteiger partial charge in [-0.1, -0.05) is 30.7 Å². The highest BCUT2D eigenvalue weighted by molar-refractivity contribution is 5.29. The number of alkyl halides is 2. The Morgan fingerprint density at radius 2 is 2.15 bits per heavy atom. The van der Waals surface area contributed by atoms with Crippen molar-refractivity contribution < 1.29 is 13.5 Å². The van der Waals surface area contributed by atoms with Crippen molar-refractivity contribution in [2.24, 2.45) is 0 Å². The maximum absolute atomic E-state index is 12.0. The number of hydrogen-bond acceptors (Lipinski definition) is 2. The first kappa shape index (κ1) is 15.4. The second-order valence-electron chi connectivity index (χ2n) is 5.39. The van der Waals surface area contributed by atoms with E-state index in [-0.39, 0.29) is 6.04 Å². The second kappa shape index (κ2) is 7.70. The zero-order chi connectivity index (χ0) is 14.4. The standard InChI is InChI=1S/C16H23F2NO/c1-19-15(8-9-20-11-16(17)18)14-7-3-6-13(10-14)12-4-2-5-12/h3,6-7,10,12,15-16,19H,2,4-5,8-9,11H2,1H3. The highest BCUT2D eigenvalue weighted by atomic mass is 19.3. The molecule has 0 heterocycles. The monoisotopic (exact) mass is 283 g/mol. The van der Waals surface area contributed by atoms with Crippen LogP contribution in [0.1, 0.15) is 48.8 Å². The summed E-state index contributed by atoms with van der Waals surface area (Å²) in [5.41, 5.74) is 2.63. The topological polar surface area (TPSA) is 21.3 Å². The smallest absolute Gasteiger partial charge is 0.261 e. The van der Waals surface area contributed by atoms with E-state index in [1.807, 2.05) is 7.05 Å². The molecule has 0 saturated heterocycles. The lowest BCUT2D eigenvalue weighted by atomic mass is 9.79. The normalized spacial score (nSPS) is 17.2. The molecule has 1 saturated carbocycles. The number of rotatable bonds is 8. The Morgan fingerprint density at radius 1 is 1.35 bits per heavy atom. The molecule has 1 unspecified atom stereocenters. The number of ether oxygens (including phenoxy) is 1.